The molecule has 0 fully saturated rings. The second-order valence-corrected chi connectivity index (χ2v) is 59.8. The zero-order valence-electron chi connectivity index (χ0n) is 77.8. The summed E-state index contributed by atoms with van der Waals surface area (Å²) in [4.78, 5) is 66.1. The number of carboxylic acids is 1. The van der Waals surface area contributed by atoms with Crippen molar-refractivity contribution in [3.05, 3.63) is 344 Å². The van der Waals surface area contributed by atoms with Gasteiger partial charge in [0.25, 0.3) is 17.7 Å². The number of hydrogen-bond acceptors (Lipinski definition) is 7. The van der Waals surface area contributed by atoms with E-state index in [-0.39, 0.29) is 52.7 Å². The minimum atomic E-state index is -2.29. The van der Waals surface area contributed by atoms with Gasteiger partial charge in [-0.3, -0.25) is 24.0 Å². The van der Waals surface area contributed by atoms with Crippen LogP contribution in [0.2, 0.25) is 63.0 Å². The number of azide groups is 1. The van der Waals surface area contributed by atoms with Crippen LogP contribution in [-0.2, 0) is 16.1 Å². The van der Waals surface area contributed by atoms with Crippen molar-refractivity contribution in [2.45, 2.75) is 231 Å². The second kappa shape index (κ2) is 55.4. The molecular formula is C106H148N8O6Si5. The summed E-state index contributed by atoms with van der Waals surface area (Å²) in [6.45, 7) is 45.8. The number of rotatable bonds is 44. The minimum Gasteiger partial charge on any atom is -0.481 e. The highest BCUT2D eigenvalue weighted by Gasteiger charge is 2.44. The molecule has 9 aromatic carbocycles. The lowest BCUT2D eigenvalue weighted by Gasteiger charge is -2.38. The van der Waals surface area contributed by atoms with Crippen molar-refractivity contribution in [1.82, 2.24) is 21.3 Å². The quantitative estimate of drug-likeness (QED) is 0.00711. The third-order valence-electron chi connectivity index (χ3n) is 24.4. The van der Waals surface area contributed by atoms with E-state index in [2.05, 4.69) is 274 Å². The average Bonchev–Trinajstić information content (AvgIpc) is 0.816. The highest BCUT2D eigenvalue weighted by molar-refractivity contribution is 6.94. The van der Waals surface area contributed by atoms with Gasteiger partial charge >= 0.3 is 5.97 Å². The molecule has 0 radical (unpaired) electrons. The van der Waals surface area contributed by atoms with E-state index < -0.39 is 46.3 Å². The number of carboxylic acid groups (broad SMARTS) is 1. The summed E-state index contributed by atoms with van der Waals surface area (Å²) >= 11 is 0. The van der Waals surface area contributed by atoms with E-state index >= 15 is 0 Å². The van der Waals surface area contributed by atoms with Gasteiger partial charge in [0.1, 0.15) is 32.3 Å². The summed E-state index contributed by atoms with van der Waals surface area (Å²) in [5, 5.41) is 33.3. The lowest BCUT2D eigenvalue weighted by atomic mass is 10.1. The molecule has 0 bridgehead atoms. The SMILES string of the molecule is C=CCC[Si](C)(c1ccccc1)C(CC(C)C)N=[N+]=[N-].C=CCC[Si](C)(c1ccccc1)C(CC(C)C)NC(=O)c1ccccc1.C=CCC[Si](C)(c1ccccc1)C(N)CC(C)C.CC(C)CC(NC(=O)c1ccccc1)[Si](C)(CCC(=O)NCc1ccccc1)c1ccccc1.CC(C)CC(NC(=O)c1ccccc1)[Si](C)(CCC(=O)O)c1ccccc1. The van der Waals surface area contributed by atoms with E-state index in [1.165, 1.54) is 32.0 Å². The highest BCUT2D eigenvalue weighted by Crippen LogP contribution is 2.30. The molecule has 4 amide bonds. The third kappa shape index (κ3) is 35.3. The molecule has 0 saturated heterocycles. The maximum absolute atomic E-state index is 13.1. The predicted molar refractivity (Wildman–Crippen MR) is 543 cm³/mol. The third-order valence-corrected chi connectivity index (χ3v) is 48.7. The largest absolute Gasteiger partial charge is 0.481 e. The summed E-state index contributed by atoms with van der Waals surface area (Å²) in [6, 6.07) is 95.6. The Hall–Kier alpha value is -10.1. The van der Waals surface area contributed by atoms with Gasteiger partial charge in [-0.2, -0.15) is 0 Å². The molecule has 125 heavy (non-hydrogen) atoms. The van der Waals surface area contributed by atoms with Crippen molar-refractivity contribution in [1.29, 1.82) is 0 Å². The number of nitrogens with two attached hydrogens (primary N) is 1. The molecule has 0 spiro atoms. The van der Waals surface area contributed by atoms with E-state index in [0.29, 0.717) is 65.4 Å². The highest BCUT2D eigenvalue weighted by atomic mass is 28.3. The van der Waals surface area contributed by atoms with Gasteiger partial charge < -0.3 is 32.1 Å². The number of carbonyl (C=O) groups is 5. The average molecular weight is 1770 g/mol. The van der Waals surface area contributed by atoms with Crippen LogP contribution in [0.25, 0.3) is 10.4 Å². The Morgan fingerprint density at radius 3 is 0.912 bits per heavy atom. The molecule has 9 aromatic rings. The summed E-state index contributed by atoms with van der Waals surface area (Å²) in [6.07, 6.45) is 14.4. The molecule has 668 valence electrons. The van der Waals surface area contributed by atoms with Gasteiger partial charge in [-0.25, -0.2) is 0 Å². The van der Waals surface area contributed by atoms with Crippen LogP contribution in [0.3, 0.4) is 0 Å². The topological polar surface area (TPSA) is 228 Å². The number of aliphatic carboxylic acids is 1. The number of hydrogen-bond donors (Lipinski definition) is 6. The molecule has 0 aliphatic rings. The van der Waals surface area contributed by atoms with E-state index in [9.17, 15) is 29.1 Å². The van der Waals surface area contributed by atoms with Crippen molar-refractivity contribution in [2.75, 3.05) is 0 Å². The summed E-state index contributed by atoms with van der Waals surface area (Å²) in [5.74, 6) is 1.69. The lowest BCUT2D eigenvalue weighted by Crippen LogP contribution is -2.62. The fraction of sp³-hybridized carbons (Fsp3) is 0.387. The van der Waals surface area contributed by atoms with Crippen LogP contribution in [0.5, 0.6) is 0 Å². The molecule has 0 saturated carbocycles. The monoisotopic (exact) mass is 1770 g/mol. The Balaban J connectivity index is 0.000000282. The normalized spacial score (nSPS) is 14.6. The Bertz CT molecular complexity index is 4660. The van der Waals surface area contributed by atoms with Crippen LogP contribution in [0.4, 0.5) is 0 Å². The predicted octanol–water partition coefficient (Wildman–Crippen LogP) is 22.1. The van der Waals surface area contributed by atoms with Crippen LogP contribution in [0.1, 0.15) is 170 Å². The fourth-order valence-corrected chi connectivity index (χ4v) is 37.1. The van der Waals surface area contributed by atoms with E-state index in [0.717, 1.165) is 80.6 Å². The number of carbonyl (C=O) groups excluding carboxylic acids is 4. The zero-order valence-corrected chi connectivity index (χ0v) is 82.8. The zero-order chi connectivity index (χ0) is 91.9. The Morgan fingerprint density at radius 2 is 0.624 bits per heavy atom. The minimum absolute atomic E-state index is 0.0181. The van der Waals surface area contributed by atoms with Crippen LogP contribution >= 0.6 is 0 Å². The van der Waals surface area contributed by atoms with Gasteiger partial charge in [-0.05, 0) is 159 Å². The van der Waals surface area contributed by atoms with Gasteiger partial charge in [0, 0.05) is 69.3 Å². The number of benzene rings is 9. The van der Waals surface area contributed by atoms with Gasteiger partial charge in [0.15, 0.2) is 0 Å². The molecule has 0 heterocycles. The molecule has 0 aliphatic carbocycles. The van der Waals surface area contributed by atoms with Crippen LogP contribution in [0, 0.1) is 29.6 Å². The van der Waals surface area contributed by atoms with E-state index in [1.807, 2.05) is 158 Å². The van der Waals surface area contributed by atoms with Gasteiger partial charge in [0.2, 0.25) is 5.91 Å². The first-order chi connectivity index (χ1) is 59.7. The Labute approximate surface area is 756 Å². The van der Waals surface area contributed by atoms with Crippen LogP contribution < -0.4 is 52.9 Å². The molecule has 19 heteroatoms. The maximum atomic E-state index is 13.1. The van der Waals surface area contributed by atoms with Crippen molar-refractivity contribution in [3.8, 4) is 0 Å². The molecule has 14 nitrogen and oxygen atoms in total. The second-order valence-electron chi connectivity index (χ2n) is 36.7. The summed E-state index contributed by atoms with van der Waals surface area (Å²) < 4.78 is 0. The summed E-state index contributed by atoms with van der Waals surface area (Å²) in [7, 11) is -9.96. The maximum Gasteiger partial charge on any atom is 0.303 e. The van der Waals surface area contributed by atoms with Crippen LogP contribution in [0.15, 0.2) is 316 Å². The van der Waals surface area contributed by atoms with Crippen molar-refractivity contribution >= 4 is 95.9 Å². The number of allylic oxidation sites excluding steroid dienone is 3. The lowest BCUT2D eigenvalue weighted by molar-refractivity contribution is -0.136. The molecule has 9 rings (SSSR count). The number of nitrogens with zero attached hydrogens (tertiary/aromatic N) is 3. The van der Waals surface area contributed by atoms with E-state index in [1.54, 1.807) is 12.1 Å². The van der Waals surface area contributed by atoms with Crippen molar-refractivity contribution in [3.63, 3.8) is 0 Å². The molecule has 10 unspecified atom stereocenters. The van der Waals surface area contributed by atoms with Gasteiger partial charge in [-0.1, -0.05) is 388 Å². The summed E-state index contributed by atoms with van der Waals surface area (Å²) in [5.41, 5.74) is 19.2. The van der Waals surface area contributed by atoms with E-state index in [4.69, 9.17) is 11.3 Å². The number of nitrogens with one attached hydrogen (secondary N) is 4. The Morgan fingerprint density at radius 1 is 0.368 bits per heavy atom. The van der Waals surface area contributed by atoms with Gasteiger partial charge in [0.05, 0.1) is 8.07 Å². The number of amides is 4. The fourth-order valence-electron chi connectivity index (χ4n) is 16.6. The molecule has 0 aliphatic heterocycles. The molecule has 7 N–H and O–H groups in total. The molecule has 10 atom stereocenters. The van der Waals surface area contributed by atoms with Crippen molar-refractivity contribution in [2.24, 2.45) is 40.4 Å². The smallest absolute Gasteiger partial charge is 0.303 e. The van der Waals surface area contributed by atoms with Gasteiger partial charge in [-0.15, -0.1) is 19.7 Å². The first-order valence-electron chi connectivity index (χ1n) is 45.2. The Kier molecular flexibility index (Phi) is 46.7. The van der Waals surface area contributed by atoms with Crippen LogP contribution in [-0.4, -0.2) is 103 Å². The van der Waals surface area contributed by atoms with Crippen molar-refractivity contribution < 1.29 is 29.1 Å². The first-order valence-corrected chi connectivity index (χ1v) is 59.2. The standard InChI is InChI=1S/C29H36N2O2Si.C23H31NOSi.C22H29NO3Si.C16H25N3Si.C16H27NSi/c1-23(2)21-28(31-29(33)25-15-9-5-10-16-25)34(3,26-17-11-6-12-18-26)20-19-27(32)30-22-24-13-7-4-8-14-24;1-5-6-17-26(4,21-15-11-8-12-16-21)22(18-19(2)3)24-23(25)20-13-9-7-10-14-20;1-17(2)16-20(23-22(26)18-10-6-4-7-11-18)27(3,15-14-21(24)25)19-12-8-5-9-13-19;1-5-6-12-20(4,15-10-8-7-9-11-15)16(18-19-17)13-14(2)3;1-5-6-12-18(4,16(17)13-14(2)3)15-10-8-7-9-11-15/h4-18,23,28H,19-22H2,1-3H3,(H,30,32)(H,31,33);5,7-16,19,22H,1,6,17-18H2,2-4H3,(H,24,25);4-13,17,20H,14-16H2,1-3H3,(H,23,26)(H,24,25);5,7-11,14,16H,1,6,12-13H2,2-4H3;5,7-11,14,16H,1,6,12-13,17H2,2-4H3. The first kappa shape index (κ1) is 105. The molecule has 0 aromatic heterocycles. The molecular weight excluding hydrogens is 1620 g/mol.